The van der Waals surface area contributed by atoms with Gasteiger partial charge in [0, 0.05) is 11.8 Å². The molecule has 0 spiro atoms. The van der Waals surface area contributed by atoms with E-state index in [2.05, 4.69) is 20.2 Å². The van der Waals surface area contributed by atoms with E-state index in [0.29, 0.717) is 5.71 Å². The van der Waals surface area contributed by atoms with E-state index < -0.39 is 0 Å². The van der Waals surface area contributed by atoms with Crippen molar-refractivity contribution < 1.29 is 0 Å². The topological polar surface area (TPSA) is 129 Å². The largest absolute Gasteiger partial charge is 0.369 e. The van der Waals surface area contributed by atoms with Gasteiger partial charge in [0.25, 0.3) is 0 Å². The summed E-state index contributed by atoms with van der Waals surface area (Å²) in [4.78, 5) is 7.86. The molecule has 7 heteroatoms. The summed E-state index contributed by atoms with van der Waals surface area (Å²) in [6.45, 7) is 3.57. The second-order valence-corrected chi connectivity index (χ2v) is 2.94. The van der Waals surface area contributed by atoms with Crippen LogP contribution in [0.2, 0.25) is 0 Å². The van der Waals surface area contributed by atoms with E-state index in [0.717, 1.165) is 11.3 Å². The van der Waals surface area contributed by atoms with Crippen molar-refractivity contribution in [2.45, 2.75) is 13.8 Å². The highest BCUT2D eigenvalue weighted by atomic mass is 15.3. The van der Waals surface area contributed by atoms with Crippen LogP contribution in [0.1, 0.15) is 18.2 Å². The van der Waals surface area contributed by atoms with Gasteiger partial charge in [0.15, 0.2) is 0 Å². The zero-order valence-electron chi connectivity index (χ0n) is 8.60. The number of nitrogens with zero attached hydrogens (tertiary/aromatic N) is 4. The van der Waals surface area contributed by atoms with Crippen LogP contribution in [0.15, 0.2) is 16.4 Å². The van der Waals surface area contributed by atoms with Crippen LogP contribution in [0.5, 0.6) is 0 Å². The maximum Gasteiger partial charge on any atom is 0.220 e. The SMILES string of the molecule is C/C(=N\N=C(N)N)c1cnc(N)nc1C. The molecule has 15 heavy (non-hydrogen) atoms. The van der Waals surface area contributed by atoms with E-state index >= 15 is 0 Å². The normalized spacial score (nSPS) is 11.2. The number of aromatic nitrogens is 2. The van der Waals surface area contributed by atoms with Gasteiger partial charge in [-0.1, -0.05) is 0 Å². The van der Waals surface area contributed by atoms with Crippen LogP contribution >= 0.6 is 0 Å². The van der Waals surface area contributed by atoms with Gasteiger partial charge < -0.3 is 17.2 Å². The Morgan fingerprint density at radius 3 is 2.53 bits per heavy atom. The summed E-state index contributed by atoms with van der Waals surface area (Å²) in [6.07, 6.45) is 1.58. The Hall–Kier alpha value is -2.18. The molecule has 7 nitrogen and oxygen atoms in total. The van der Waals surface area contributed by atoms with Gasteiger partial charge in [-0.05, 0) is 13.8 Å². The predicted molar refractivity (Wildman–Crippen MR) is 59.2 cm³/mol. The average molecular weight is 207 g/mol. The highest BCUT2D eigenvalue weighted by Gasteiger charge is 2.04. The number of aryl methyl sites for hydroxylation is 1. The molecule has 0 aliphatic rings. The van der Waals surface area contributed by atoms with Crippen molar-refractivity contribution in [3.63, 3.8) is 0 Å². The van der Waals surface area contributed by atoms with Crippen LogP contribution < -0.4 is 17.2 Å². The van der Waals surface area contributed by atoms with E-state index in [4.69, 9.17) is 17.2 Å². The third-order valence-electron chi connectivity index (χ3n) is 1.70. The number of hydrogen-bond donors (Lipinski definition) is 3. The minimum absolute atomic E-state index is 0.0941. The highest BCUT2D eigenvalue weighted by Crippen LogP contribution is 2.06. The van der Waals surface area contributed by atoms with Crippen LogP contribution in [0.4, 0.5) is 5.95 Å². The maximum atomic E-state index is 5.42. The molecule has 0 bridgehead atoms. The average Bonchev–Trinajstić information content (AvgIpc) is 2.14. The number of rotatable bonds is 2. The monoisotopic (exact) mass is 207 g/mol. The van der Waals surface area contributed by atoms with Crippen molar-refractivity contribution in [2.24, 2.45) is 21.7 Å². The molecule has 0 aliphatic heterocycles. The fraction of sp³-hybridized carbons (Fsp3) is 0.250. The van der Waals surface area contributed by atoms with Crippen molar-refractivity contribution in [3.05, 3.63) is 17.5 Å². The van der Waals surface area contributed by atoms with Gasteiger partial charge >= 0.3 is 0 Å². The first-order valence-electron chi connectivity index (χ1n) is 4.23. The van der Waals surface area contributed by atoms with Gasteiger partial charge in [-0.2, -0.15) is 5.10 Å². The van der Waals surface area contributed by atoms with E-state index in [1.807, 2.05) is 6.92 Å². The zero-order chi connectivity index (χ0) is 11.4. The van der Waals surface area contributed by atoms with Crippen LogP contribution in [-0.4, -0.2) is 21.6 Å². The minimum Gasteiger partial charge on any atom is -0.369 e. The van der Waals surface area contributed by atoms with Crippen molar-refractivity contribution in [1.29, 1.82) is 0 Å². The highest BCUT2D eigenvalue weighted by molar-refractivity contribution is 5.99. The first kappa shape index (κ1) is 10.9. The molecule has 1 rings (SSSR count). The van der Waals surface area contributed by atoms with E-state index in [-0.39, 0.29) is 11.9 Å². The fourth-order valence-electron chi connectivity index (χ4n) is 1.03. The van der Waals surface area contributed by atoms with Crippen molar-refractivity contribution >= 4 is 17.6 Å². The summed E-state index contributed by atoms with van der Waals surface area (Å²) in [6, 6.07) is 0. The molecule has 0 saturated heterocycles. The van der Waals surface area contributed by atoms with Crippen LogP contribution in [0.3, 0.4) is 0 Å². The third-order valence-corrected chi connectivity index (χ3v) is 1.70. The first-order valence-corrected chi connectivity index (χ1v) is 4.23. The number of hydrogen-bond acceptors (Lipinski definition) is 5. The molecule has 0 saturated carbocycles. The van der Waals surface area contributed by atoms with E-state index in [1.165, 1.54) is 0 Å². The Balaban J connectivity index is 3.06. The number of nitrogen functional groups attached to an aromatic ring is 1. The Kier molecular flexibility index (Phi) is 3.17. The molecule has 0 aromatic carbocycles. The molecule has 0 fully saturated rings. The molecular formula is C8H13N7. The molecule has 1 aromatic rings. The number of guanidine groups is 1. The fourth-order valence-corrected chi connectivity index (χ4v) is 1.03. The lowest BCUT2D eigenvalue weighted by atomic mass is 10.2. The predicted octanol–water partition coefficient (Wildman–Crippen LogP) is -0.635. The lowest BCUT2D eigenvalue weighted by Gasteiger charge is -2.02. The van der Waals surface area contributed by atoms with Crippen molar-refractivity contribution in [1.82, 2.24) is 9.97 Å². The van der Waals surface area contributed by atoms with Crippen molar-refractivity contribution in [2.75, 3.05) is 5.73 Å². The van der Waals surface area contributed by atoms with E-state index in [1.54, 1.807) is 13.1 Å². The van der Waals surface area contributed by atoms with Crippen LogP contribution in [0, 0.1) is 6.92 Å². The molecule has 1 aromatic heterocycles. The van der Waals surface area contributed by atoms with Gasteiger partial charge in [0.2, 0.25) is 11.9 Å². The molecule has 6 N–H and O–H groups in total. The molecule has 80 valence electrons. The lowest BCUT2D eigenvalue weighted by Crippen LogP contribution is -2.22. The molecule has 0 aliphatic carbocycles. The second-order valence-electron chi connectivity index (χ2n) is 2.94. The Labute approximate surface area is 87.1 Å². The smallest absolute Gasteiger partial charge is 0.220 e. The summed E-state index contributed by atoms with van der Waals surface area (Å²) in [7, 11) is 0. The molecule has 0 atom stereocenters. The van der Waals surface area contributed by atoms with E-state index in [9.17, 15) is 0 Å². The van der Waals surface area contributed by atoms with Gasteiger partial charge in [-0.15, -0.1) is 5.10 Å². The lowest BCUT2D eigenvalue weighted by molar-refractivity contribution is 1.10. The van der Waals surface area contributed by atoms with Gasteiger partial charge in [0.1, 0.15) is 0 Å². The van der Waals surface area contributed by atoms with Crippen LogP contribution in [0.25, 0.3) is 0 Å². The second kappa shape index (κ2) is 4.36. The summed E-state index contributed by atoms with van der Waals surface area (Å²) in [5.41, 5.74) is 17.8. The standard InChI is InChI=1S/C8H13N7/c1-4-6(3-12-8(11)13-4)5(2)14-15-7(9)10/h3H,1-2H3,(H4,9,10,15)(H2,11,12,13)/b14-5+. The quantitative estimate of drug-likeness (QED) is 0.337. The maximum absolute atomic E-state index is 5.42. The Morgan fingerprint density at radius 1 is 1.33 bits per heavy atom. The molecular weight excluding hydrogens is 194 g/mol. The van der Waals surface area contributed by atoms with Crippen molar-refractivity contribution in [3.8, 4) is 0 Å². The third kappa shape index (κ3) is 2.90. The Bertz CT molecular complexity index is 417. The molecule has 0 radical (unpaired) electrons. The molecule has 0 unspecified atom stereocenters. The molecule has 0 amide bonds. The summed E-state index contributed by atoms with van der Waals surface area (Å²) < 4.78 is 0. The summed E-state index contributed by atoms with van der Waals surface area (Å²) >= 11 is 0. The number of nitrogens with two attached hydrogens (primary N) is 3. The minimum atomic E-state index is -0.0941. The number of anilines is 1. The van der Waals surface area contributed by atoms with Gasteiger partial charge in [0.05, 0.1) is 11.4 Å². The van der Waals surface area contributed by atoms with Gasteiger partial charge in [-0.3, -0.25) is 0 Å². The first-order chi connectivity index (χ1) is 7.00. The zero-order valence-corrected chi connectivity index (χ0v) is 8.60. The summed E-state index contributed by atoms with van der Waals surface area (Å²) in [5.74, 6) is 0.134. The molecule has 1 heterocycles. The Morgan fingerprint density at radius 2 is 2.00 bits per heavy atom. The van der Waals surface area contributed by atoms with Gasteiger partial charge in [-0.25, -0.2) is 9.97 Å². The van der Waals surface area contributed by atoms with Crippen LogP contribution in [-0.2, 0) is 0 Å². The summed E-state index contributed by atoms with van der Waals surface area (Å²) in [5, 5.41) is 7.36.